The van der Waals surface area contributed by atoms with Crippen LogP contribution in [0.4, 0.5) is 17.6 Å². The van der Waals surface area contributed by atoms with Crippen molar-refractivity contribution in [3.8, 4) is 17.3 Å². The fourth-order valence-electron chi connectivity index (χ4n) is 4.06. The molecule has 2 aromatic carbocycles. The lowest BCUT2D eigenvalue weighted by atomic mass is 10.0. The molecule has 1 amide bonds. The van der Waals surface area contributed by atoms with Crippen LogP contribution in [0.25, 0.3) is 11.3 Å². The Morgan fingerprint density at radius 2 is 1.81 bits per heavy atom. The molecule has 4 rings (SSSR count). The Kier molecular flexibility index (Phi) is 7.29. The predicted octanol–water partition coefficient (Wildman–Crippen LogP) is 4.25. The van der Waals surface area contributed by atoms with Gasteiger partial charge in [0.25, 0.3) is 0 Å². The molecule has 1 aliphatic heterocycles. The molecule has 0 aliphatic carbocycles. The highest BCUT2D eigenvalue weighted by atomic mass is 32.2. The summed E-state index contributed by atoms with van der Waals surface area (Å²) in [4.78, 5) is 17.0. The van der Waals surface area contributed by atoms with Crippen LogP contribution in [0.1, 0.15) is 29.5 Å². The first kappa shape index (κ1) is 26.2. The number of nitrogens with zero attached hydrogens (tertiary/aromatic N) is 3. The van der Waals surface area contributed by atoms with E-state index in [4.69, 9.17) is 0 Å². The highest BCUT2D eigenvalue weighted by molar-refractivity contribution is 7.89. The first-order chi connectivity index (χ1) is 17.5. The van der Waals surface area contributed by atoms with Crippen molar-refractivity contribution in [2.24, 2.45) is 0 Å². The number of pyridine rings is 1. The van der Waals surface area contributed by atoms with E-state index in [-0.39, 0.29) is 30.0 Å². The van der Waals surface area contributed by atoms with Gasteiger partial charge in [-0.25, -0.2) is 12.8 Å². The Hall–Kier alpha value is -3.82. The van der Waals surface area contributed by atoms with Gasteiger partial charge < -0.3 is 5.32 Å². The van der Waals surface area contributed by atoms with E-state index in [1.54, 1.807) is 0 Å². The molecule has 3 aromatic rings. The van der Waals surface area contributed by atoms with Crippen LogP contribution >= 0.6 is 0 Å². The maximum Gasteiger partial charge on any atom is 0.416 e. The molecule has 0 radical (unpaired) electrons. The van der Waals surface area contributed by atoms with Crippen molar-refractivity contribution in [3.05, 3.63) is 83.3 Å². The summed E-state index contributed by atoms with van der Waals surface area (Å²) in [5.74, 6) is -1.16. The standard InChI is InChI=1S/C25H20F4N4O3S/c26-20-7-9-21(10-8-20)37(35,36)33-11-1-2-23(33)24(34)32-14-17-12-22(31-15-18(17)13-30)16-3-5-19(6-4-16)25(27,28)29/h3-10,12,15,23H,1-2,11,14H2,(H,32,34)/t23-/m0/s1. The Bertz CT molecular complexity index is 1450. The third kappa shape index (κ3) is 5.63. The molecule has 1 N–H and O–H groups in total. The molecule has 0 bridgehead atoms. The fourth-order valence-corrected chi connectivity index (χ4v) is 5.72. The number of benzene rings is 2. The molecular weight excluding hydrogens is 512 g/mol. The predicted molar refractivity (Wildman–Crippen MR) is 125 cm³/mol. The minimum Gasteiger partial charge on any atom is -0.351 e. The maximum atomic E-state index is 13.2. The van der Waals surface area contributed by atoms with E-state index < -0.39 is 39.5 Å². The third-order valence-electron chi connectivity index (χ3n) is 6.00. The molecule has 37 heavy (non-hydrogen) atoms. The van der Waals surface area contributed by atoms with Crippen LogP contribution in [0.3, 0.4) is 0 Å². The number of hydrogen-bond acceptors (Lipinski definition) is 5. The van der Waals surface area contributed by atoms with Gasteiger partial charge in [0.05, 0.1) is 21.7 Å². The monoisotopic (exact) mass is 532 g/mol. The number of nitrogens with one attached hydrogen (secondary N) is 1. The first-order valence-electron chi connectivity index (χ1n) is 11.1. The van der Waals surface area contributed by atoms with Crippen LogP contribution in [0.5, 0.6) is 0 Å². The van der Waals surface area contributed by atoms with Crippen molar-refractivity contribution in [2.75, 3.05) is 6.54 Å². The lowest BCUT2D eigenvalue weighted by Crippen LogP contribution is -2.45. The quantitative estimate of drug-likeness (QED) is 0.479. The van der Waals surface area contributed by atoms with Gasteiger partial charge in [-0.1, -0.05) is 12.1 Å². The molecule has 1 aliphatic rings. The van der Waals surface area contributed by atoms with E-state index in [0.717, 1.165) is 40.7 Å². The minimum atomic E-state index is -4.48. The third-order valence-corrected chi connectivity index (χ3v) is 7.92. The normalized spacial score (nSPS) is 16.4. The topological polar surface area (TPSA) is 103 Å². The molecule has 2 heterocycles. The van der Waals surface area contributed by atoms with Gasteiger partial charge >= 0.3 is 6.18 Å². The zero-order chi connectivity index (χ0) is 26.8. The molecule has 192 valence electrons. The lowest BCUT2D eigenvalue weighted by molar-refractivity contribution is -0.137. The number of alkyl halides is 3. The molecule has 0 spiro atoms. The molecule has 1 aromatic heterocycles. The summed E-state index contributed by atoms with van der Waals surface area (Å²) in [5.41, 5.74) is 0.398. The van der Waals surface area contributed by atoms with Gasteiger partial charge in [-0.3, -0.25) is 9.78 Å². The minimum absolute atomic E-state index is 0.120. The summed E-state index contributed by atoms with van der Waals surface area (Å²) in [6, 6.07) is 11.1. The number of rotatable bonds is 6. The summed E-state index contributed by atoms with van der Waals surface area (Å²) in [5, 5.41) is 12.1. The number of amides is 1. The van der Waals surface area contributed by atoms with Crippen LogP contribution < -0.4 is 5.32 Å². The van der Waals surface area contributed by atoms with Gasteiger partial charge in [-0.05, 0) is 60.9 Å². The van der Waals surface area contributed by atoms with Crippen LogP contribution in [-0.4, -0.2) is 36.2 Å². The summed E-state index contributed by atoms with van der Waals surface area (Å²) in [6.45, 7) is -0.00656. The van der Waals surface area contributed by atoms with Crippen molar-refractivity contribution in [3.63, 3.8) is 0 Å². The smallest absolute Gasteiger partial charge is 0.351 e. The van der Waals surface area contributed by atoms with Gasteiger partial charge in [0, 0.05) is 24.8 Å². The zero-order valence-corrected chi connectivity index (χ0v) is 20.0. The van der Waals surface area contributed by atoms with Crippen molar-refractivity contribution in [1.82, 2.24) is 14.6 Å². The van der Waals surface area contributed by atoms with Crippen molar-refractivity contribution in [2.45, 2.75) is 36.5 Å². The average Bonchev–Trinajstić information content (AvgIpc) is 3.38. The molecule has 12 heteroatoms. The van der Waals surface area contributed by atoms with Crippen molar-refractivity contribution < 1.29 is 30.8 Å². The second kappa shape index (κ2) is 10.3. The second-order valence-corrected chi connectivity index (χ2v) is 10.2. The van der Waals surface area contributed by atoms with Gasteiger partial charge in [-0.15, -0.1) is 0 Å². The van der Waals surface area contributed by atoms with Gasteiger partial charge in [0.15, 0.2) is 0 Å². The zero-order valence-electron chi connectivity index (χ0n) is 19.2. The number of aromatic nitrogens is 1. The fraction of sp³-hybridized carbons (Fsp3) is 0.240. The SMILES string of the molecule is N#Cc1cnc(-c2ccc(C(F)(F)F)cc2)cc1CNC(=O)[C@@H]1CCCN1S(=O)(=O)c1ccc(F)cc1. The van der Waals surface area contributed by atoms with Crippen LogP contribution in [-0.2, 0) is 27.5 Å². The van der Waals surface area contributed by atoms with Crippen LogP contribution in [0, 0.1) is 17.1 Å². The van der Waals surface area contributed by atoms with Gasteiger partial charge in [-0.2, -0.15) is 22.7 Å². The van der Waals surface area contributed by atoms with Crippen molar-refractivity contribution >= 4 is 15.9 Å². The van der Waals surface area contributed by atoms with E-state index in [9.17, 15) is 36.0 Å². The summed E-state index contributed by atoms with van der Waals surface area (Å²) in [7, 11) is -4.04. The Labute approximate surface area is 210 Å². The van der Waals surface area contributed by atoms with Gasteiger partial charge in [0.2, 0.25) is 15.9 Å². The van der Waals surface area contributed by atoms with Crippen LogP contribution in [0.15, 0.2) is 65.7 Å². The molecule has 1 fully saturated rings. The molecule has 1 saturated heterocycles. The van der Waals surface area contributed by atoms with E-state index >= 15 is 0 Å². The number of sulfonamides is 1. The Morgan fingerprint density at radius 3 is 2.43 bits per heavy atom. The second-order valence-electron chi connectivity index (χ2n) is 8.36. The molecule has 7 nitrogen and oxygen atoms in total. The molecular formula is C25H20F4N4O3S. The number of carbonyl (C=O) groups excluding carboxylic acids is 1. The maximum absolute atomic E-state index is 13.2. The van der Waals surface area contributed by atoms with E-state index in [0.29, 0.717) is 23.2 Å². The van der Waals surface area contributed by atoms with Gasteiger partial charge in [0.1, 0.15) is 17.9 Å². The first-order valence-corrected chi connectivity index (χ1v) is 12.6. The Morgan fingerprint density at radius 1 is 1.14 bits per heavy atom. The molecule has 1 atom stereocenters. The number of nitriles is 1. The summed E-state index contributed by atoms with van der Waals surface area (Å²) in [6.07, 6.45) is -2.49. The average molecular weight is 533 g/mol. The highest BCUT2D eigenvalue weighted by Crippen LogP contribution is 2.31. The lowest BCUT2D eigenvalue weighted by Gasteiger charge is -2.23. The summed E-state index contributed by atoms with van der Waals surface area (Å²) >= 11 is 0. The van der Waals surface area contributed by atoms with E-state index in [1.807, 2.05) is 6.07 Å². The van der Waals surface area contributed by atoms with E-state index in [1.165, 1.54) is 24.4 Å². The number of hydrogen-bond donors (Lipinski definition) is 1. The van der Waals surface area contributed by atoms with Crippen molar-refractivity contribution in [1.29, 1.82) is 5.26 Å². The number of carbonyl (C=O) groups is 1. The van der Waals surface area contributed by atoms with Crippen LogP contribution in [0.2, 0.25) is 0 Å². The molecule has 0 unspecified atom stereocenters. The highest BCUT2D eigenvalue weighted by Gasteiger charge is 2.39. The Balaban J connectivity index is 1.51. The largest absolute Gasteiger partial charge is 0.416 e. The van der Waals surface area contributed by atoms with E-state index in [2.05, 4.69) is 10.3 Å². The molecule has 0 saturated carbocycles. The summed E-state index contributed by atoms with van der Waals surface area (Å²) < 4.78 is 78.9. The number of halogens is 4.